The summed E-state index contributed by atoms with van der Waals surface area (Å²) in [5, 5.41) is 4.31. The first-order chi connectivity index (χ1) is 11.7. The number of nitrogens with zero attached hydrogens (tertiary/aromatic N) is 5. The van der Waals surface area contributed by atoms with E-state index >= 15 is 0 Å². The highest BCUT2D eigenvalue weighted by Crippen LogP contribution is 2.38. The van der Waals surface area contributed by atoms with E-state index in [0.29, 0.717) is 18.1 Å². The molecule has 2 aromatic rings. The fraction of sp³-hybridized carbons (Fsp3) is 0.667. The molecule has 2 fully saturated rings. The van der Waals surface area contributed by atoms with Crippen LogP contribution in [0.5, 0.6) is 0 Å². The predicted molar refractivity (Wildman–Crippen MR) is 91.3 cm³/mol. The number of fused-ring (bicyclic) bond motifs is 1. The Kier molecular flexibility index (Phi) is 4.41. The van der Waals surface area contributed by atoms with Crippen LogP contribution in [0.4, 0.5) is 0 Å². The zero-order valence-electron chi connectivity index (χ0n) is 14.6. The molecular weight excluding hydrogens is 302 g/mol. The lowest BCUT2D eigenvalue weighted by molar-refractivity contribution is 0.0718. The van der Waals surface area contributed by atoms with Crippen molar-refractivity contribution in [3.05, 3.63) is 36.8 Å². The standard InChI is InChI=1S/C18H27N5O/c1-14(2)23-17(10-22-13-19-12-20-22)7-16-9-21(5-3-18(16)23)8-15-4-6-24-11-15/h4,6,11-14,16-18H,3,5,7-10H2,1-2H3/t16-,17+,18+/m1/s1. The molecule has 0 bridgehead atoms. The van der Waals surface area contributed by atoms with Crippen LogP contribution in [0.15, 0.2) is 35.7 Å². The van der Waals surface area contributed by atoms with Crippen LogP contribution >= 0.6 is 0 Å². The molecule has 24 heavy (non-hydrogen) atoms. The summed E-state index contributed by atoms with van der Waals surface area (Å²) < 4.78 is 7.20. The Hall–Kier alpha value is -1.66. The molecule has 4 heterocycles. The quantitative estimate of drug-likeness (QED) is 0.842. The molecule has 0 spiro atoms. The maximum absolute atomic E-state index is 5.22. The summed E-state index contributed by atoms with van der Waals surface area (Å²) >= 11 is 0. The van der Waals surface area contributed by atoms with Crippen LogP contribution in [0.2, 0.25) is 0 Å². The molecule has 0 saturated carbocycles. The van der Waals surface area contributed by atoms with Gasteiger partial charge in [0.1, 0.15) is 12.7 Å². The summed E-state index contributed by atoms with van der Waals surface area (Å²) in [7, 11) is 0. The van der Waals surface area contributed by atoms with E-state index < -0.39 is 0 Å². The first-order valence-electron chi connectivity index (χ1n) is 9.04. The van der Waals surface area contributed by atoms with Gasteiger partial charge in [0.05, 0.1) is 19.1 Å². The van der Waals surface area contributed by atoms with Crippen LogP contribution in [-0.4, -0.2) is 55.8 Å². The van der Waals surface area contributed by atoms with Gasteiger partial charge in [-0.15, -0.1) is 0 Å². The van der Waals surface area contributed by atoms with Crippen LogP contribution in [0.3, 0.4) is 0 Å². The van der Waals surface area contributed by atoms with E-state index in [4.69, 9.17) is 4.42 Å². The van der Waals surface area contributed by atoms with Gasteiger partial charge in [-0.25, -0.2) is 4.98 Å². The number of hydrogen-bond acceptors (Lipinski definition) is 5. The van der Waals surface area contributed by atoms with Gasteiger partial charge in [-0.05, 0) is 45.2 Å². The minimum Gasteiger partial charge on any atom is -0.472 e. The minimum atomic E-state index is 0.565. The van der Waals surface area contributed by atoms with E-state index in [0.717, 1.165) is 19.0 Å². The Bertz CT molecular complexity index is 624. The third-order valence-corrected chi connectivity index (χ3v) is 5.60. The summed E-state index contributed by atoms with van der Waals surface area (Å²) in [5.74, 6) is 0.751. The second kappa shape index (κ2) is 6.69. The average molecular weight is 329 g/mol. The molecule has 2 aromatic heterocycles. The maximum atomic E-state index is 5.22. The fourth-order valence-electron chi connectivity index (χ4n) is 4.76. The minimum absolute atomic E-state index is 0.565. The molecule has 0 unspecified atom stereocenters. The smallest absolute Gasteiger partial charge is 0.137 e. The zero-order valence-corrected chi connectivity index (χ0v) is 14.6. The van der Waals surface area contributed by atoms with Crippen LogP contribution in [-0.2, 0) is 13.1 Å². The van der Waals surface area contributed by atoms with Crippen molar-refractivity contribution < 1.29 is 4.42 Å². The number of hydrogen-bond donors (Lipinski definition) is 0. The summed E-state index contributed by atoms with van der Waals surface area (Å²) in [6.07, 6.45) is 9.63. The molecule has 0 aliphatic carbocycles. The van der Waals surface area contributed by atoms with Gasteiger partial charge in [-0.2, -0.15) is 5.10 Å². The third kappa shape index (κ3) is 3.13. The van der Waals surface area contributed by atoms with Crippen molar-refractivity contribution in [2.45, 2.75) is 57.9 Å². The van der Waals surface area contributed by atoms with Crippen LogP contribution in [0, 0.1) is 5.92 Å². The highest BCUT2D eigenvalue weighted by Gasteiger charge is 2.44. The summed E-state index contributed by atoms with van der Waals surface area (Å²) in [4.78, 5) is 9.42. The molecule has 130 valence electrons. The average Bonchev–Trinajstić information content (AvgIpc) is 3.27. The van der Waals surface area contributed by atoms with Crippen LogP contribution < -0.4 is 0 Å². The third-order valence-electron chi connectivity index (χ3n) is 5.60. The van der Waals surface area contributed by atoms with Gasteiger partial charge >= 0.3 is 0 Å². The number of rotatable bonds is 5. The lowest BCUT2D eigenvalue weighted by Crippen LogP contribution is -2.49. The molecule has 0 amide bonds. The fourth-order valence-corrected chi connectivity index (χ4v) is 4.76. The molecule has 0 radical (unpaired) electrons. The van der Waals surface area contributed by atoms with E-state index in [9.17, 15) is 0 Å². The van der Waals surface area contributed by atoms with Gasteiger partial charge in [-0.3, -0.25) is 14.5 Å². The largest absolute Gasteiger partial charge is 0.472 e. The molecule has 2 aliphatic heterocycles. The number of furan rings is 1. The van der Waals surface area contributed by atoms with Gasteiger partial charge in [-0.1, -0.05) is 0 Å². The molecular formula is C18H27N5O. The van der Waals surface area contributed by atoms with Crippen molar-refractivity contribution in [1.82, 2.24) is 24.6 Å². The Labute approximate surface area is 143 Å². The van der Waals surface area contributed by atoms with E-state index in [1.807, 2.05) is 17.3 Å². The van der Waals surface area contributed by atoms with Gasteiger partial charge < -0.3 is 4.42 Å². The van der Waals surface area contributed by atoms with Gasteiger partial charge in [0.2, 0.25) is 0 Å². The molecule has 6 heteroatoms. The molecule has 3 atom stereocenters. The van der Waals surface area contributed by atoms with Gasteiger partial charge in [0.15, 0.2) is 0 Å². The van der Waals surface area contributed by atoms with Crippen LogP contribution in [0.25, 0.3) is 0 Å². The Morgan fingerprint density at radius 2 is 2.29 bits per heavy atom. The SMILES string of the molecule is CC(C)N1[C@H](Cn2cncn2)C[C@@H]2CN(Cc3ccoc3)CC[C@@H]21. The van der Waals surface area contributed by atoms with Crippen molar-refractivity contribution in [1.29, 1.82) is 0 Å². The van der Waals surface area contributed by atoms with Crippen molar-refractivity contribution in [3.63, 3.8) is 0 Å². The first kappa shape index (κ1) is 15.8. The topological polar surface area (TPSA) is 50.3 Å². The lowest BCUT2D eigenvalue weighted by Gasteiger charge is -2.40. The Morgan fingerprint density at radius 3 is 3.00 bits per heavy atom. The molecule has 6 nitrogen and oxygen atoms in total. The van der Waals surface area contributed by atoms with E-state index in [2.05, 4.69) is 39.8 Å². The summed E-state index contributed by atoms with van der Waals surface area (Å²) in [5.41, 5.74) is 1.28. The van der Waals surface area contributed by atoms with E-state index in [-0.39, 0.29) is 0 Å². The highest BCUT2D eigenvalue weighted by molar-refractivity contribution is 5.06. The van der Waals surface area contributed by atoms with Crippen molar-refractivity contribution in [2.24, 2.45) is 5.92 Å². The van der Waals surface area contributed by atoms with E-state index in [1.165, 1.54) is 31.5 Å². The first-order valence-corrected chi connectivity index (χ1v) is 9.04. The molecule has 2 saturated heterocycles. The Balaban J connectivity index is 1.44. The zero-order chi connectivity index (χ0) is 16.5. The Morgan fingerprint density at radius 1 is 1.38 bits per heavy atom. The van der Waals surface area contributed by atoms with Crippen molar-refractivity contribution in [3.8, 4) is 0 Å². The summed E-state index contributed by atoms with van der Waals surface area (Å²) in [6.45, 7) is 8.98. The van der Waals surface area contributed by atoms with Crippen molar-refractivity contribution >= 4 is 0 Å². The molecule has 0 aromatic carbocycles. The second-order valence-electron chi connectivity index (χ2n) is 7.53. The number of likely N-dealkylation sites (tertiary alicyclic amines) is 2. The lowest BCUT2D eigenvalue weighted by atomic mass is 9.91. The number of piperidine rings is 1. The van der Waals surface area contributed by atoms with Crippen molar-refractivity contribution in [2.75, 3.05) is 13.1 Å². The van der Waals surface area contributed by atoms with Crippen LogP contribution in [0.1, 0.15) is 32.3 Å². The van der Waals surface area contributed by atoms with Gasteiger partial charge in [0.25, 0.3) is 0 Å². The molecule has 2 aliphatic rings. The second-order valence-corrected chi connectivity index (χ2v) is 7.53. The molecule has 0 N–H and O–H groups in total. The maximum Gasteiger partial charge on any atom is 0.137 e. The predicted octanol–water partition coefficient (Wildman–Crippen LogP) is 2.24. The number of aromatic nitrogens is 3. The normalized spacial score (nSPS) is 28.5. The summed E-state index contributed by atoms with van der Waals surface area (Å²) in [6, 6.07) is 3.93. The monoisotopic (exact) mass is 329 g/mol. The van der Waals surface area contributed by atoms with E-state index in [1.54, 1.807) is 12.6 Å². The highest BCUT2D eigenvalue weighted by atomic mass is 16.3. The molecule has 4 rings (SSSR count). The van der Waals surface area contributed by atoms with Gasteiger partial charge in [0, 0.05) is 36.8 Å².